The summed E-state index contributed by atoms with van der Waals surface area (Å²) >= 11 is 5.97. The van der Waals surface area contributed by atoms with E-state index < -0.39 is 34.9 Å². The van der Waals surface area contributed by atoms with Crippen molar-refractivity contribution in [1.29, 1.82) is 0 Å². The fraction of sp³-hybridized carbons (Fsp3) is 0.216. The van der Waals surface area contributed by atoms with Crippen LogP contribution >= 0.6 is 11.6 Å². The lowest BCUT2D eigenvalue weighted by molar-refractivity contribution is -0.137. The fourth-order valence-electron chi connectivity index (χ4n) is 4.75. The Labute approximate surface area is 280 Å². The van der Waals surface area contributed by atoms with E-state index in [-0.39, 0.29) is 28.6 Å². The first-order valence-corrected chi connectivity index (χ1v) is 15.3. The molecule has 0 aliphatic rings. The molecule has 1 heterocycles. The molecular formula is C37H32ClF4N3O3. The van der Waals surface area contributed by atoms with Crippen molar-refractivity contribution in [3.63, 3.8) is 0 Å². The number of halogens is 5. The van der Waals surface area contributed by atoms with Crippen molar-refractivity contribution in [2.45, 2.75) is 46.3 Å². The summed E-state index contributed by atoms with van der Waals surface area (Å²) in [6.07, 6.45) is -4.22. The largest absolute Gasteiger partial charge is 0.461 e. The van der Waals surface area contributed by atoms with Gasteiger partial charge in [0.1, 0.15) is 23.4 Å². The van der Waals surface area contributed by atoms with Gasteiger partial charge in [0.25, 0.3) is 5.91 Å². The second kappa shape index (κ2) is 13.6. The Morgan fingerprint density at radius 1 is 0.917 bits per heavy atom. The van der Waals surface area contributed by atoms with Crippen LogP contribution in [0, 0.1) is 18.2 Å². The summed E-state index contributed by atoms with van der Waals surface area (Å²) in [7, 11) is 0. The van der Waals surface area contributed by atoms with E-state index >= 15 is 0 Å². The number of nitrogens with zero attached hydrogens (tertiary/aromatic N) is 2. The van der Waals surface area contributed by atoms with E-state index in [0.29, 0.717) is 22.7 Å². The molecule has 248 valence electrons. The first kappa shape index (κ1) is 34.4. The minimum absolute atomic E-state index is 0.0166. The highest BCUT2D eigenvalue weighted by molar-refractivity contribution is 6.31. The van der Waals surface area contributed by atoms with E-state index in [4.69, 9.17) is 20.9 Å². The Balaban J connectivity index is 1.47. The molecule has 48 heavy (non-hydrogen) atoms. The molecule has 11 heteroatoms. The van der Waals surface area contributed by atoms with Gasteiger partial charge in [-0.3, -0.25) is 4.79 Å². The number of carbonyl (C=O) groups excluding carboxylic acids is 1. The molecule has 0 fully saturated rings. The molecule has 6 nitrogen and oxygen atoms in total. The number of rotatable bonds is 9. The highest BCUT2D eigenvalue weighted by Gasteiger charge is 2.30. The number of allylic oxidation sites excluding steroid dienone is 1. The number of hydrogen-bond donors (Lipinski definition) is 1. The predicted octanol–water partition coefficient (Wildman–Crippen LogP) is 10.2. The zero-order chi connectivity index (χ0) is 34.8. The zero-order valence-corrected chi connectivity index (χ0v) is 27.3. The molecule has 5 rings (SSSR count). The number of benzene rings is 4. The maximum atomic E-state index is 14.0. The van der Waals surface area contributed by atoms with Gasteiger partial charge in [-0.1, -0.05) is 92.6 Å². The van der Waals surface area contributed by atoms with E-state index in [9.17, 15) is 22.4 Å². The average Bonchev–Trinajstić information content (AvgIpc) is 3.48. The summed E-state index contributed by atoms with van der Waals surface area (Å²) in [5, 5.41) is 6.89. The second-order valence-corrected chi connectivity index (χ2v) is 12.7. The molecule has 1 N–H and O–H groups in total. The molecule has 0 spiro atoms. The molecule has 0 bridgehead atoms. The highest BCUT2D eigenvalue weighted by Crippen LogP contribution is 2.35. The van der Waals surface area contributed by atoms with Crippen LogP contribution in [0.4, 0.5) is 17.6 Å². The molecule has 1 aromatic heterocycles. The van der Waals surface area contributed by atoms with Crippen LogP contribution in [-0.4, -0.2) is 16.0 Å². The van der Waals surface area contributed by atoms with Crippen LogP contribution in [0.25, 0.3) is 22.3 Å². The lowest BCUT2D eigenvalue weighted by atomic mass is 9.94. The predicted molar refractivity (Wildman–Crippen MR) is 176 cm³/mol. The molecule has 0 aliphatic carbocycles. The third kappa shape index (κ3) is 8.12. The summed E-state index contributed by atoms with van der Waals surface area (Å²) in [4.78, 5) is 18.4. The number of aryl methyl sites for hydroxylation is 1. The Morgan fingerprint density at radius 3 is 2.06 bits per heavy atom. The van der Waals surface area contributed by atoms with E-state index in [1.54, 1.807) is 37.3 Å². The van der Waals surface area contributed by atoms with Crippen molar-refractivity contribution in [2.24, 2.45) is 5.41 Å². The van der Waals surface area contributed by atoms with Crippen LogP contribution in [0.1, 0.15) is 60.0 Å². The molecule has 1 atom stereocenters. The highest BCUT2D eigenvalue weighted by atomic mass is 35.5. The van der Waals surface area contributed by atoms with Gasteiger partial charge < -0.3 is 14.6 Å². The van der Waals surface area contributed by atoms with Gasteiger partial charge in [0.2, 0.25) is 5.89 Å². The molecule has 0 saturated carbocycles. The van der Waals surface area contributed by atoms with E-state index in [2.05, 4.69) is 22.0 Å². The lowest BCUT2D eigenvalue weighted by Gasteiger charge is -2.24. The molecule has 5 aromatic rings. The van der Waals surface area contributed by atoms with Gasteiger partial charge in [-0.2, -0.15) is 18.2 Å². The van der Waals surface area contributed by atoms with Gasteiger partial charge >= 0.3 is 6.18 Å². The minimum atomic E-state index is -4.48. The molecule has 1 amide bonds. The van der Waals surface area contributed by atoms with E-state index in [1.165, 1.54) is 18.2 Å². The third-order valence-corrected chi connectivity index (χ3v) is 7.92. The van der Waals surface area contributed by atoms with Crippen LogP contribution in [0.2, 0.25) is 5.02 Å². The van der Waals surface area contributed by atoms with Crippen molar-refractivity contribution in [1.82, 2.24) is 15.5 Å². The van der Waals surface area contributed by atoms with Crippen molar-refractivity contribution in [3.8, 4) is 28.0 Å². The van der Waals surface area contributed by atoms with E-state index in [0.717, 1.165) is 28.8 Å². The number of carbonyl (C=O) groups is 1. The quantitative estimate of drug-likeness (QED) is 0.124. The maximum absolute atomic E-state index is 14.0. The fourth-order valence-corrected chi connectivity index (χ4v) is 4.93. The smallest absolute Gasteiger partial charge is 0.416 e. The van der Waals surface area contributed by atoms with Gasteiger partial charge in [0.15, 0.2) is 5.82 Å². The molecule has 4 aromatic carbocycles. The summed E-state index contributed by atoms with van der Waals surface area (Å²) in [5.74, 6) is 0.125. The van der Waals surface area contributed by atoms with Gasteiger partial charge in [0.05, 0.1) is 16.1 Å². The summed E-state index contributed by atoms with van der Waals surface area (Å²) in [5.41, 5.74) is 2.26. The number of hydrogen-bond acceptors (Lipinski definition) is 5. The van der Waals surface area contributed by atoms with Gasteiger partial charge in [-0.05, 0) is 71.1 Å². The SMILES string of the molecule is C=C(Oc1ccc(-c2ccc(C(F)(F)F)cc2)cc1C(=O)NC(Cc1ccc(-c2ccc(F)c(Cl)c2)cc1)c1nc(C)no1)C(C)(C)C. The van der Waals surface area contributed by atoms with Crippen LogP contribution < -0.4 is 10.1 Å². The number of alkyl halides is 3. The van der Waals surface area contributed by atoms with Gasteiger partial charge in [-0.25, -0.2) is 4.39 Å². The molecule has 0 saturated heterocycles. The van der Waals surface area contributed by atoms with Crippen LogP contribution in [0.15, 0.2) is 102 Å². The van der Waals surface area contributed by atoms with Crippen molar-refractivity contribution < 1.29 is 31.6 Å². The van der Waals surface area contributed by atoms with Crippen LogP contribution in [0.3, 0.4) is 0 Å². The number of ether oxygens (including phenoxy) is 1. The van der Waals surface area contributed by atoms with Gasteiger partial charge in [-0.15, -0.1) is 0 Å². The third-order valence-electron chi connectivity index (χ3n) is 7.63. The van der Waals surface area contributed by atoms with Crippen LogP contribution in [-0.2, 0) is 12.6 Å². The van der Waals surface area contributed by atoms with Crippen LogP contribution in [0.5, 0.6) is 5.75 Å². The summed E-state index contributed by atoms with van der Waals surface area (Å²) in [6, 6.07) is 20.6. The first-order valence-electron chi connectivity index (χ1n) is 14.9. The number of nitrogens with one attached hydrogen (secondary N) is 1. The Hall–Kier alpha value is -4.96. The van der Waals surface area contributed by atoms with Gasteiger partial charge in [0, 0.05) is 11.8 Å². The molecule has 1 unspecified atom stereocenters. The first-order chi connectivity index (χ1) is 22.6. The monoisotopic (exact) mass is 677 g/mol. The summed E-state index contributed by atoms with van der Waals surface area (Å²) in [6.45, 7) is 11.4. The Bertz CT molecular complexity index is 1950. The maximum Gasteiger partial charge on any atom is 0.416 e. The Kier molecular flexibility index (Phi) is 9.77. The van der Waals surface area contributed by atoms with Crippen molar-refractivity contribution in [3.05, 3.63) is 137 Å². The van der Waals surface area contributed by atoms with Crippen molar-refractivity contribution >= 4 is 17.5 Å². The normalized spacial score (nSPS) is 12.4. The minimum Gasteiger partial charge on any atom is -0.461 e. The summed E-state index contributed by atoms with van der Waals surface area (Å²) < 4.78 is 64.8. The Morgan fingerprint density at radius 2 is 1.50 bits per heavy atom. The van der Waals surface area contributed by atoms with Crippen molar-refractivity contribution in [2.75, 3.05) is 0 Å². The topological polar surface area (TPSA) is 77.2 Å². The van der Waals surface area contributed by atoms with E-state index in [1.807, 2.05) is 45.0 Å². The molecule has 0 aliphatic heterocycles. The number of aromatic nitrogens is 2. The average molecular weight is 678 g/mol. The lowest BCUT2D eigenvalue weighted by Crippen LogP contribution is -2.31. The molecule has 0 radical (unpaired) electrons. The number of amides is 1. The standard InChI is InChI=1S/C37H32ClF4N3O3/c1-21(36(3,4)5)47-33-17-13-26(25-10-14-28(15-11-25)37(40,41)42)19-29(33)34(46)44-32(35-43-22(2)45-48-35)18-23-6-8-24(9-7-23)27-12-16-31(39)30(38)20-27/h6-17,19-20,32H,1,18H2,2-5H3,(H,44,46). The zero-order valence-electron chi connectivity index (χ0n) is 26.6. The molecular weight excluding hydrogens is 646 g/mol. The second-order valence-electron chi connectivity index (χ2n) is 12.3.